The van der Waals surface area contributed by atoms with E-state index in [9.17, 15) is 14.0 Å². The molecular weight excluding hydrogens is 419 g/mol. The fourth-order valence-corrected chi connectivity index (χ4v) is 4.90. The van der Waals surface area contributed by atoms with Crippen LogP contribution in [-0.4, -0.2) is 17.9 Å². The first-order chi connectivity index (χ1) is 16.0. The number of anilines is 1. The highest BCUT2D eigenvalue weighted by atomic mass is 19.1. The van der Waals surface area contributed by atoms with E-state index >= 15 is 0 Å². The lowest BCUT2D eigenvalue weighted by Crippen LogP contribution is -2.41. The summed E-state index contributed by atoms with van der Waals surface area (Å²) in [6, 6.07) is 12.1. The standard InChI is InChI=1S/C27H33FN2O3/c1-18-15-24(33-17-19-5-4-8-22(28)16-19)13-14-25(18)30-27(32)21-9-11-23(12-10-21)29-26(31)20-6-2-3-7-20/h4-5,8,13-16,20-21,23H,2-3,6-7,9-12,17H2,1H3,(H,29,31)(H,30,32). The number of ether oxygens (including phenoxy) is 1. The summed E-state index contributed by atoms with van der Waals surface area (Å²) in [5.74, 6) is 0.786. The maximum absolute atomic E-state index is 13.3. The van der Waals surface area contributed by atoms with Gasteiger partial charge in [0.05, 0.1) is 0 Å². The van der Waals surface area contributed by atoms with E-state index in [0.717, 1.165) is 68.2 Å². The molecule has 4 rings (SSSR count). The van der Waals surface area contributed by atoms with Crippen molar-refractivity contribution in [3.8, 4) is 5.75 Å². The topological polar surface area (TPSA) is 67.4 Å². The first-order valence-corrected chi connectivity index (χ1v) is 12.1. The van der Waals surface area contributed by atoms with E-state index in [0.29, 0.717) is 5.75 Å². The van der Waals surface area contributed by atoms with E-state index in [1.54, 1.807) is 6.07 Å². The monoisotopic (exact) mass is 452 g/mol. The molecule has 0 heterocycles. The molecule has 33 heavy (non-hydrogen) atoms. The Balaban J connectivity index is 1.24. The van der Waals surface area contributed by atoms with Crippen LogP contribution in [0.1, 0.15) is 62.5 Å². The van der Waals surface area contributed by atoms with Crippen molar-refractivity contribution in [1.82, 2.24) is 5.32 Å². The second kappa shape index (κ2) is 10.8. The lowest BCUT2D eigenvalue weighted by Gasteiger charge is -2.29. The molecule has 2 aromatic rings. The van der Waals surface area contributed by atoms with Gasteiger partial charge >= 0.3 is 0 Å². The van der Waals surface area contributed by atoms with Gasteiger partial charge in [-0.05, 0) is 86.9 Å². The Morgan fingerprint density at radius 3 is 2.36 bits per heavy atom. The van der Waals surface area contributed by atoms with Gasteiger partial charge < -0.3 is 15.4 Å². The lowest BCUT2D eigenvalue weighted by atomic mass is 9.85. The largest absolute Gasteiger partial charge is 0.489 e. The van der Waals surface area contributed by atoms with Gasteiger partial charge in [-0.1, -0.05) is 25.0 Å². The fourth-order valence-electron chi connectivity index (χ4n) is 4.90. The van der Waals surface area contributed by atoms with E-state index < -0.39 is 0 Å². The van der Waals surface area contributed by atoms with Gasteiger partial charge in [-0.25, -0.2) is 4.39 Å². The Hall–Kier alpha value is -2.89. The third-order valence-corrected chi connectivity index (χ3v) is 6.92. The molecule has 2 saturated carbocycles. The highest BCUT2D eigenvalue weighted by Gasteiger charge is 2.30. The molecule has 176 valence electrons. The Labute approximate surface area is 195 Å². The number of carbonyl (C=O) groups excluding carboxylic acids is 2. The molecule has 2 amide bonds. The van der Waals surface area contributed by atoms with Gasteiger partial charge in [-0.15, -0.1) is 0 Å². The van der Waals surface area contributed by atoms with Crippen LogP contribution in [0, 0.1) is 24.6 Å². The molecule has 0 unspecified atom stereocenters. The molecule has 0 bridgehead atoms. The number of benzene rings is 2. The minimum absolute atomic E-state index is 0.0343. The Morgan fingerprint density at radius 2 is 1.67 bits per heavy atom. The van der Waals surface area contributed by atoms with Gasteiger partial charge in [0, 0.05) is 23.6 Å². The molecule has 2 aliphatic carbocycles. The molecule has 0 saturated heterocycles. The molecule has 0 aromatic heterocycles. The second-order valence-electron chi connectivity index (χ2n) is 9.42. The number of aryl methyl sites for hydroxylation is 1. The summed E-state index contributed by atoms with van der Waals surface area (Å²) in [5, 5.41) is 6.26. The van der Waals surface area contributed by atoms with Gasteiger partial charge in [-0.3, -0.25) is 9.59 Å². The number of hydrogen-bond donors (Lipinski definition) is 2. The summed E-state index contributed by atoms with van der Waals surface area (Å²) in [6.07, 6.45) is 7.61. The first kappa shape index (κ1) is 23.3. The van der Waals surface area contributed by atoms with E-state index in [4.69, 9.17) is 4.74 Å². The Kier molecular flexibility index (Phi) is 7.63. The maximum atomic E-state index is 13.3. The molecule has 2 aliphatic rings. The zero-order valence-electron chi connectivity index (χ0n) is 19.2. The minimum atomic E-state index is -0.282. The molecule has 0 radical (unpaired) electrons. The van der Waals surface area contributed by atoms with Crippen molar-refractivity contribution in [3.05, 3.63) is 59.4 Å². The van der Waals surface area contributed by atoms with Crippen molar-refractivity contribution in [2.45, 2.75) is 70.9 Å². The first-order valence-electron chi connectivity index (χ1n) is 12.1. The van der Waals surface area contributed by atoms with Crippen molar-refractivity contribution in [2.75, 3.05) is 5.32 Å². The number of hydrogen-bond acceptors (Lipinski definition) is 3. The van der Waals surface area contributed by atoms with E-state index in [1.165, 1.54) is 12.1 Å². The number of rotatable bonds is 7. The average Bonchev–Trinajstić information content (AvgIpc) is 3.35. The van der Waals surface area contributed by atoms with Crippen LogP contribution in [0.5, 0.6) is 5.75 Å². The maximum Gasteiger partial charge on any atom is 0.227 e. The average molecular weight is 453 g/mol. The number of amides is 2. The van der Waals surface area contributed by atoms with Crippen molar-refractivity contribution in [2.24, 2.45) is 11.8 Å². The molecule has 5 nitrogen and oxygen atoms in total. The lowest BCUT2D eigenvalue weighted by molar-refractivity contribution is -0.125. The number of halogens is 1. The molecule has 2 fully saturated rings. The quantitative estimate of drug-likeness (QED) is 0.582. The summed E-state index contributed by atoms with van der Waals surface area (Å²) in [4.78, 5) is 25.2. The van der Waals surface area contributed by atoms with Crippen LogP contribution in [0.4, 0.5) is 10.1 Å². The zero-order chi connectivity index (χ0) is 23.2. The molecule has 0 atom stereocenters. The van der Waals surface area contributed by atoms with Crippen LogP contribution < -0.4 is 15.4 Å². The van der Waals surface area contributed by atoms with E-state index in [-0.39, 0.29) is 42.1 Å². The SMILES string of the molecule is Cc1cc(OCc2cccc(F)c2)ccc1NC(=O)C1CCC(NC(=O)C2CCCC2)CC1. The van der Waals surface area contributed by atoms with Gasteiger partial charge in [0.15, 0.2) is 0 Å². The zero-order valence-corrected chi connectivity index (χ0v) is 19.2. The van der Waals surface area contributed by atoms with Crippen LogP contribution in [0.2, 0.25) is 0 Å². The van der Waals surface area contributed by atoms with Gasteiger partial charge in [0.25, 0.3) is 0 Å². The summed E-state index contributed by atoms with van der Waals surface area (Å²) in [5.41, 5.74) is 2.45. The predicted octanol–water partition coefficient (Wildman–Crippen LogP) is 5.52. The van der Waals surface area contributed by atoms with Crippen molar-refractivity contribution < 1.29 is 18.7 Å². The third-order valence-electron chi connectivity index (χ3n) is 6.92. The van der Waals surface area contributed by atoms with E-state index in [2.05, 4.69) is 10.6 Å². The van der Waals surface area contributed by atoms with Gasteiger partial charge in [-0.2, -0.15) is 0 Å². The number of nitrogens with one attached hydrogen (secondary N) is 2. The highest BCUT2D eigenvalue weighted by Crippen LogP contribution is 2.29. The normalized spacial score (nSPS) is 20.9. The summed E-state index contributed by atoms with van der Waals surface area (Å²) in [6.45, 7) is 2.21. The van der Waals surface area contributed by atoms with Gasteiger partial charge in [0.1, 0.15) is 18.2 Å². The number of carbonyl (C=O) groups is 2. The third kappa shape index (κ3) is 6.34. The van der Waals surface area contributed by atoms with Crippen LogP contribution in [-0.2, 0) is 16.2 Å². The Morgan fingerprint density at radius 1 is 0.939 bits per heavy atom. The molecule has 0 spiro atoms. The highest BCUT2D eigenvalue weighted by molar-refractivity contribution is 5.93. The van der Waals surface area contributed by atoms with Crippen LogP contribution in [0.15, 0.2) is 42.5 Å². The smallest absolute Gasteiger partial charge is 0.227 e. The van der Waals surface area contributed by atoms with Crippen molar-refractivity contribution in [3.63, 3.8) is 0 Å². The minimum Gasteiger partial charge on any atom is -0.489 e. The van der Waals surface area contributed by atoms with Crippen molar-refractivity contribution in [1.29, 1.82) is 0 Å². The second-order valence-corrected chi connectivity index (χ2v) is 9.42. The van der Waals surface area contributed by atoms with Crippen LogP contribution in [0.3, 0.4) is 0 Å². The molecular formula is C27H33FN2O3. The fraction of sp³-hybridized carbons (Fsp3) is 0.481. The molecule has 2 N–H and O–H groups in total. The van der Waals surface area contributed by atoms with E-state index in [1.807, 2.05) is 31.2 Å². The van der Waals surface area contributed by atoms with Crippen LogP contribution >= 0.6 is 0 Å². The molecule has 0 aliphatic heterocycles. The summed E-state index contributed by atoms with van der Waals surface area (Å²) >= 11 is 0. The summed E-state index contributed by atoms with van der Waals surface area (Å²) < 4.78 is 19.1. The molecule has 6 heteroatoms. The summed E-state index contributed by atoms with van der Waals surface area (Å²) in [7, 11) is 0. The van der Waals surface area contributed by atoms with Crippen LogP contribution in [0.25, 0.3) is 0 Å². The Bertz CT molecular complexity index is 979. The van der Waals surface area contributed by atoms with Gasteiger partial charge in [0.2, 0.25) is 11.8 Å². The molecule has 2 aromatic carbocycles. The predicted molar refractivity (Wildman–Crippen MR) is 126 cm³/mol. The van der Waals surface area contributed by atoms with Crippen molar-refractivity contribution >= 4 is 17.5 Å².